The summed E-state index contributed by atoms with van der Waals surface area (Å²) in [6, 6.07) is 5.62. The van der Waals surface area contributed by atoms with Gasteiger partial charge in [0.2, 0.25) is 11.8 Å². The molecule has 1 aromatic rings. The summed E-state index contributed by atoms with van der Waals surface area (Å²) in [6.45, 7) is -0.428. The van der Waals surface area contributed by atoms with Crippen LogP contribution in [0.15, 0.2) is 30.3 Å². The second kappa shape index (κ2) is 10.5. The molecule has 0 heterocycles. The standard InChI is InChI=1S/C17H20N2O7/c1-26-12-5-2-11(3-6-12)4-8-14(20)18-10-15(21)19-13(17(24)25)7-9-16(22)23/h2-6,8,13H,7,9-10H2,1H3,(H,18,20)(H,19,21)(H,22,23)(H,24,25)/t13-/m0/s1. The van der Waals surface area contributed by atoms with Gasteiger partial charge in [-0.25, -0.2) is 4.79 Å². The lowest BCUT2D eigenvalue weighted by Crippen LogP contribution is -2.45. The molecule has 2 amide bonds. The van der Waals surface area contributed by atoms with E-state index in [0.29, 0.717) is 5.75 Å². The van der Waals surface area contributed by atoms with Gasteiger partial charge in [-0.1, -0.05) is 12.1 Å². The number of hydrogen-bond acceptors (Lipinski definition) is 5. The van der Waals surface area contributed by atoms with Crippen molar-refractivity contribution in [3.8, 4) is 5.75 Å². The Kier molecular flexibility index (Phi) is 8.35. The first kappa shape index (κ1) is 20.7. The summed E-state index contributed by atoms with van der Waals surface area (Å²) < 4.78 is 5.02. The molecule has 0 aromatic heterocycles. The van der Waals surface area contributed by atoms with Crippen LogP contribution in [0.2, 0.25) is 0 Å². The molecule has 1 rings (SSSR count). The van der Waals surface area contributed by atoms with E-state index in [1.54, 1.807) is 37.5 Å². The van der Waals surface area contributed by atoms with Crippen LogP contribution < -0.4 is 15.4 Å². The van der Waals surface area contributed by atoms with Crippen LogP contribution in [0.4, 0.5) is 0 Å². The highest BCUT2D eigenvalue weighted by atomic mass is 16.5. The number of carboxylic acids is 2. The molecule has 26 heavy (non-hydrogen) atoms. The van der Waals surface area contributed by atoms with Gasteiger partial charge in [0.15, 0.2) is 0 Å². The van der Waals surface area contributed by atoms with Gasteiger partial charge in [-0.3, -0.25) is 14.4 Å². The lowest BCUT2D eigenvalue weighted by atomic mass is 10.1. The van der Waals surface area contributed by atoms with E-state index < -0.39 is 42.8 Å². The third kappa shape index (κ3) is 7.95. The van der Waals surface area contributed by atoms with Gasteiger partial charge in [-0.05, 0) is 30.2 Å². The van der Waals surface area contributed by atoms with Gasteiger partial charge in [0, 0.05) is 12.5 Å². The molecule has 0 aliphatic heterocycles. The second-order valence-electron chi connectivity index (χ2n) is 5.22. The normalized spacial score (nSPS) is 11.6. The van der Waals surface area contributed by atoms with Crippen LogP contribution in [0, 0.1) is 0 Å². The maximum Gasteiger partial charge on any atom is 0.326 e. The third-order valence-electron chi connectivity index (χ3n) is 3.25. The van der Waals surface area contributed by atoms with E-state index in [9.17, 15) is 19.2 Å². The third-order valence-corrected chi connectivity index (χ3v) is 3.25. The lowest BCUT2D eigenvalue weighted by Gasteiger charge is -2.13. The number of benzene rings is 1. The first-order valence-corrected chi connectivity index (χ1v) is 7.65. The molecule has 0 fully saturated rings. The first-order valence-electron chi connectivity index (χ1n) is 7.65. The van der Waals surface area contributed by atoms with Crippen LogP contribution in [-0.2, 0) is 19.2 Å². The Balaban J connectivity index is 2.44. The number of methoxy groups -OCH3 is 1. The largest absolute Gasteiger partial charge is 0.497 e. The number of nitrogens with one attached hydrogen (secondary N) is 2. The molecular weight excluding hydrogens is 344 g/mol. The number of carboxylic acid groups (broad SMARTS) is 2. The Bertz CT molecular complexity index is 683. The lowest BCUT2D eigenvalue weighted by molar-refractivity contribution is -0.142. The van der Waals surface area contributed by atoms with E-state index >= 15 is 0 Å². The molecule has 0 saturated carbocycles. The highest BCUT2D eigenvalue weighted by Crippen LogP contribution is 2.12. The van der Waals surface area contributed by atoms with Crippen molar-refractivity contribution in [1.29, 1.82) is 0 Å². The van der Waals surface area contributed by atoms with Crippen molar-refractivity contribution in [1.82, 2.24) is 10.6 Å². The average molecular weight is 364 g/mol. The summed E-state index contributed by atoms with van der Waals surface area (Å²) in [5, 5.41) is 22.0. The van der Waals surface area contributed by atoms with Crippen LogP contribution in [0.1, 0.15) is 18.4 Å². The molecule has 4 N–H and O–H groups in total. The van der Waals surface area contributed by atoms with Crippen molar-refractivity contribution in [2.75, 3.05) is 13.7 Å². The quantitative estimate of drug-likeness (QED) is 0.436. The molecule has 1 atom stereocenters. The maximum atomic E-state index is 11.7. The number of carbonyl (C=O) groups excluding carboxylic acids is 2. The molecule has 0 aliphatic carbocycles. The first-order chi connectivity index (χ1) is 12.3. The fraction of sp³-hybridized carbons (Fsp3) is 0.294. The van der Waals surface area contributed by atoms with Crippen molar-refractivity contribution >= 4 is 29.8 Å². The number of amides is 2. The summed E-state index contributed by atoms with van der Waals surface area (Å²) in [6.07, 6.45) is 2.13. The van der Waals surface area contributed by atoms with Crippen LogP contribution in [0.3, 0.4) is 0 Å². The molecule has 0 spiro atoms. The number of ether oxygens (including phenoxy) is 1. The van der Waals surface area contributed by atoms with E-state index in [-0.39, 0.29) is 6.42 Å². The van der Waals surface area contributed by atoms with Gasteiger partial charge < -0.3 is 25.6 Å². The smallest absolute Gasteiger partial charge is 0.326 e. The zero-order chi connectivity index (χ0) is 19.5. The van der Waals surface area contributed by atoms with Gasteiger partial charge >= 0.3 is 11.9 Å². The van der Waals surface area contributed by atoms with Crippen molar-refractivity contribution in [3.05, 3.63) is 35.9 Å². The van der Waals surface area contributed by atoms with E-state index in [1.165, 1.54) is 6.08 Å². The van der Waals surface area contributed by atoms with E-state index in [0.717, 1.165) is 5.56 Å². The van der Waals surface area contributed by atoms with Gasteiger partial charge in [0.1, 0.15) is 11.8 Å². The molecule has 0 unspecified atom stereocenters. The summed E-state index contributed by atoms with van der Waals surface area (Å²) in [5.74, 6) is -3.09. The van der Waals surface area contributed by atoms with Crippen molar-refractivity contribution < 1.29 is 34.1 Å². The van der Waals surface area contributed by atoms with Gasteiger partial charge in [0.05, 0.1) is 13.7 Å². The predicted octanol–water partition coefficient (Wildman–Crippen LogP) is 0.259. The molecule has 1 aromatic carbocycles. The van der Waals surface area contributed by atoms with Gasteiger partial charge in [0.25, 0.3) is 0 Å². The van der Waals surface area contributed by atoms with E-state index in [4.69, 9.17) is 14.9 Å². The van der Waals surface area contributed by atoms with Crippen LogP contribution in [0.5, 0.6) is 5.75 Å². The number of carbonyl (C=O) groups is 4. The molecule has 0 aliphatic rings. The minimum atomic E-state index is -1.34. The minimum absolute atomic E-state index is 0.248. The maximum absolute atomic E-state index is 11.7. The zero-order valence-corrected chi connectivity index (χ0v) is 14.1. The Morgan fingerprint density at radius 1 is 1.15 bits per heavy atom. The van der Waals surface area contributed by atoms with Crippen LogP contribution >= 0.6 is 0 Å². The summed E-state index contributed by atoms with van der Waals surface area (Å²) in [7, 11) is 1.54. The number of aliphatic carboxylic acids is 2. The minimum Gasteiger partial charge on any atom is -0.497 e. The highest BCUT2D eigenvalue weighted by Gasteiger charge is 2.20. The molecule has 9 nitrogen and oxygen atoms in total. The second-order valence-corrected chi connectivity index (χ2v) is 5.22. The van der Waals surface area contributed by atoms with Crippen molar-refractivity contribution in [3.63, 3.8) is 0 Å². The molecule has 0 saturated heterocycles. The van der Waals surface area contributed by atoms with Gasteiger partial charge in [-0.15, -0.1) is 0 Å². The predicted molar refractivity (Wildman–Crippen MR) is 91.5 cm³/mol. The topological polar surface area (TPSA) is 142 Å². The van der Waals surface area contributed by atoms with Crippen LogP contribution in [0.25, 0.3) is 6.08 Å². The van der Waals surface area contributed by atoms with Crippen molar-refractivity contribution in [2.45, 2.75) is 18.9 Å². The molecule has 9 heteroatoms. The zero-order valence-electron chi connectivity index (χ0n) is 14.1. The van der Waals surface area contributed by atoms with Crippen LogP contribution in [-0.4, -0.2) is 53.7 Å². The number of rotatable bonds is 10. The molecule has 0 bridgehead atoms. The fourth-order valence-electron chi connectivity index (χ4n) is 1.88. The van der Waals surface area contributed by atoms with E-state index in [1.807, 2.05) is 0 Å². The van der Waals surface area contributed by atoms with E-state index in [2.05, 4.69) is 10.6 Å². The Hall–Kier alpha value is -3.36. The van der Waals surface area contributed by atoms with Crippen molar-refractivity contribution in [2.24, 2.45) is 0 Å². The summed E-state index contributed by atoms with van der Waals surface area (Å²) in [5.41, 5.74) is 0.755. The number of hydrogen-bond donors (Lipinski definition) is 4. The molecule has 140 valence electrons. The molecule has 0 radical (unpaired) electrons. The Morgan fingerprint density at radius 2 is 1.81 bits per heavy atom. The van der Waals surface area contributed by atoms with Gasteiger partial charge in [-0.2, -0.15) is 0 Å². The Morgan fingerprint density at radius 3 is 2.35 bits per heavy atom. The SMILES string of the molecule is COc1ccc(C=CC(=O)NCC(=O)N[C@@H](CCC(=O)O)C(=O)O)cc1. The monoisotopic (exact) mass is 364 g/mol. The average Bonchev–Trinajstić information content (AvgIpc) is 2.61. The summed E-state index contributed by atoms with van der Waals surface area (Å²) in [4.78, 5) is 44.8. The summed E-state index contributed by atoms with van der Waals surface area (Å²) >= 11 is 0. The fourth-order valence-corrected chi connectivity index (χ4v) is 1.88. The highest BCUT2D eigenvalue weighted by molar-refractivity contribution is 5.94. The Labute approximate surface area is 149 Å². The molecular formula is C17H20N2O7.